The van der Waals surface area contributed by atoms with Crippen LogP contribution in [0, 0.1) is 0 Å². The molecule has 118 valence electrons. The van der Waals surface area contributed by atoms with Crippen molar-refractivity contribution in [3.8, 4) is 22.6 Å². The van der Waals surface area contributed by atoms with Crippen LogP contribution in [0.1, 0.15) is 5.56 Å². The van der Waals surface area contributed by atoms with E-state index < -0.39 is 0 Å². The summed E-state index contributed by atoms with van der Waals surface area (Å²) in [7, 11) is 0. The zero-order valence-electron chi connectivity index (χ0n) is 12.9. The molecule has 24 heavy (non-hydrogen) atoms. The van der Waals surface area contributed by atoms with Crippen molar-refractivity contribution in [2.24, 2.45) is 0 Å². The third kappa shape index (κ3) is 2.82. The Kier molecular flexibility index (Phi) is 3.63. The summed E-state index contributed by atoms with van der Waals surface area (Å²) in [6.45, 7) is 0.414. The number of phenols is 1. The summed E-state index contributed by atoms with van der Waals surface area (Å²) in [6, 6.07) is 21.4. The fourth-order valence-electron chi connectivity index (χ4n) is 2.66. The van der Waals surface area contributed by atoms with Crippen molar-refractivity contribution in [1.29, 1.82) is 0 Å². The molecule has 0 aliphatic carbocycles. The van der Waals surface area contributed by atoms with Crippen molar-refractivity contribution < 1.29 is 9.84 Å². The van der Waals surface area contributed by atoms with Gasteiger partial charge in [-0.1, -0.05) is 48.5 Å². The number of ether oxygens (including phenoxy) is 1. The number of aromatic hydroxyl groups is 1. The topological polar surface area (TPSA) is 58.1 Å². The van der Waals surface area contributed by atoms with Crippen LogP contribution in [-0.4, -0.2) is 15.3 Å². The molecule has 0 amide bonds. The number of nitrogens with zero attached hydrogens (tertiary/aromatic N) is 1. The van der Waals surface area contributed by atoms with Crippen LogP contribution in [0.15, 0.2) is 72.9 Å². The average Bonchev–Trinajstić information content (AvgIpc) is 3.09. The lowest BCUT2D eigenvalue weighted by Crippen LogP contribution is -1.95. The summed E-state index contributed by atoms with van der Waals surface area (Å²) in [5.74, 6) is 0.610. The van der Waals surface area contributed by atoms with E-state index in [0.717, 1.165) is 27.6 Å². The van der Waals surface area contributed by atoms with Crippen LogP contribution in [0.4, 0.5) is 0 Å². The molecule has 0 spiro atoms. The first kappa shape index (κ1) is 14.3. The number of benzene rings is 3. The van der Waals surface area contributed by atoms with Crippen molar-refractivity contribution in [3.05, 3.63) is 78.5 Å². The van der Waals surface area contributed by atoms with Gasteiger partial charge in [0.2, 0.25) is 0 Å². The summed E-state index contributed by atoms with van der Waals surface area (Å²) in [5, 5.41) is 18.1. The van der Waals surface area contributed by atoms with E-state index in [2.05, 4.69) is 10.2 Å². The molecule has 1 aromatic heterocycles. The number of aromatic nitrogens is 2. The maximum absolute atomic E-state index is 10.1. The Morgan fingerprint density at radius 2 is 1.71 bits per heavy atom. The lowest BCUT2D eigenvalue weighted by atomic mass is 10.0. The molecule has 0 unspecified atom stereocenters. The largest absolute Gasteiger partial charge is 0.504 e. The van der Waals surface area contributed by atoms with Gasteiger partial charge in [0.1, 0.15) is 6.61 Å². The average molecular weight is 316 g/mol. The molecule has 1 heterocycles. The van der Waals surface area contributed by atoms with Gasteiger partial charge >= 0.3 is 0 Å². The molecule has 4 heteroatoms. The second-order valence-electron chi connectivity index (χ2n) is 5.63. The highest BCUT2D eigenvalue weighted by atomic mass is 16.5. The van der Waals surface area contributed by atoms with Gasteiger partial charge in [-0.15, -0.1) is 0 Å². The van der Waals surface area contributed by atoms with Crippen molar-refractivity contribution in [2.75, 3.05) is 0 Å². The third-order valence-corrected chi connectivity index (χ3v) is 3.97. The quantitative estimate of drug-likeness (QED) is 0.582. The second kappa shape index (κ2) is 6.08. The van der Waals surface area contributed by atoms with Crippen molar-refractivity contribution in [1.82, 2.24) is 10.2 Å². The lowest BCUT2D eigenvalue weighted by molar-refractivity contribution is 0.289. The van der Waals surface area contributed by atoms with E-state index in [1.165, 1.54) is 0 Å². The molecule has 0 radical (unpaired) electrons. The molecule has 0 aliphatic heterocycles. The molecule has 2 N–H and O–H groups in total. The van der Waals surface area contributed by atoms with Crippen LogP contribution >= 0.6 is 0 Å². The minimum absolute atomic E-state index is 0.136. The minimum atomic E-state index is 0.136. The van der Waals surface area contributed by atoms with E-state index in [1.54, 1.807) is 12.3 Å². The normalized spacial score (nSPS) is 10.8. The zero-order valence-corrected chi connectivity index (χ0v) is 12.9. The summed E-state index contributed by atoms with van der Waals surface area (Å²) < 4.78 is 5.79. The molecule has 0 fully saturated rings. The predicted octanol–water partition coefficient (Wildman–Crippen LogP) is 4.51. The van der Waals surface area contributed by atoms with Crippen LogP contribution in [0.5, 0.6) is 11.5 Å². The summed E-state index contributed by atoms with van der Waals surface area (Å²) >= 11 is 0. The summed E-state index contributed by atoms with van der Waals surface area (Å²) in [4.78, 5) is 0. The highest BCUT2D eigenvalue weighted by molar-refractivity contribution is 5.84. The number of hydrogen-bond acceptors (Lipinski definition) is 3. The molecule has 0 saturated carbocycles. The Hall–Kier alpha value is -3.27. The Balaban J connectivity index is 1.62. The monoisotopic (exact) mass is 316 g/mol. The molecule has 0 aliphatic rings. The van der Waals surface area contributed by atoms with Crippen LogP contribution in [0.3, 0.4) is 0 Å². The third-order valence-electron chi connectivity index (χ3n) is 3.97. The Bertz CT molecular complexity index is 977. The molecule has 3 aromatic carbocycles. The van der Waals surface area contributed by atoms with Crippen LogP contribution in [0.2, 0.25) is 0 Å². The van der Waals surface area contributed by atoms with Gasteiger partial charge < -0.3 is 9.84 Å². The highest BCUT2D eigenvalue weighted by Crippen LogP contribution is 2.33. The number of hydrogen-bond donors (Lipinski definition) is 2. The van der Waals surface area contributed by atoms with Crippen LogP contribution in [0.25, 0.3) is 22.0 Å². The Morgan fingerprint density at radius 3 is 2.58 bits per heavy atom. The smallest absolute Gasteiger partial charge is 0.162 e. The van der Waals surface area contributed by atoms with Crippen molar-refractivity contribution in [3.63, 3.8) is 0 Å². The second-order valence-corrected chi connectivity index (χ2v) is 5.63. The number of phenolic OH excluding ortho intramolecular Hbond substituents is 1. The van der Waals surface area contributed by atoms with Crippen molar-refractivity contribution in [2.45, 2.75) is 6.61 Å². The zero-order chi connectivity index (χ0) is 16.4. The Labute approximate surface area is 139 Å². The van der Waals surface area contributed by atoms with E-state index in [0.29, 0.717) is 12.4 Å². The predicted molar refractivity (Wildman–Crippen MR) is 94.0 cm³/mol. The van der Waals surface area contributed by atoms with Gasteiger partial charge in [-0.25, -0.2) is 0 Å². The number of aromatic amines is 1. The number of nitrogens with one attached hydrogen (secondary N) is 1. The fraction of sp³-hybridized carbons (Fsp3) is 0.0500. The molecule has 4 aromatic rings. The molecule has 4 nitrogen and oxygen atoms in total. The molecular weight excluding hydrogens is 300 g/mol. The molecule has 4 rings (SSSR count). The minimum Gasteiger partial charge on any atom is -0.504 e. The van der Waals surface area contributed by atoms with Crippen LogP contribution < -0.4 is 4.74 Å². The van der Waals surface area contributed by atoms with E-state index in [1.807, 2.05) is 60.7 Å². The Morgan fingerprint density at radius 1 is 0.917 bits per heavy atom. The van der Waals surface area contributed by atoms with Gasteiger partial charge in [0.25, 0.3) is 0 Å². The van der Waals surface area contributed by atoms with Gasteiger partial charge in [0.15, 0.2) is 11.5 Å². The van der Waals surface area contributed by atoms with Gasteiger partial charge in [-0.05, 0) is 34.9 Å². The van der Waals surface area contributed by atoms with Gasteiger partial charge in [-0.2, -0.15) is 5.10 Å². The number of fused-ring (bicyclic) bond motifs is 1. The molecular formula is C20H16N2O2. The van der Waals surface area contributed by atoms with Gasteiger partial charge in [0.05, 0.1) is 11.7 Å². The summed E-state index contributed by atoms with van der Waals surface area (Å²) in [6.07, 6.45) is 1.80. The van der Waals surface area contributed by atoms with E-state index in [4.69, 9.17) is 4.74 Å². The first-order chi connectivity index (χ1) is 11.8. The first-order valence-electron chi connectivity index (χ1n) is 7.73. The van der Waals surface area contributed by atoms with Crippen LogP contribution in [-0.2, 0) is 6.61 Å². The van der Waals surface area contributed by atoms with E-state index in [9.17, 15) is 5.11 Å². The maximum Gasteiger partial charge on any atom is 0.162 e. The SMILES string of the molecule is Oc1ccc(-c2ccc3cn[nH]c3c2)cc1OCc1ccccc1. The molecule has 0 saturated heterocycles. The standard InChI is InChI=1S/C20H16N2O2/c23-19-9-8-16(15-6-7-17-12-21-22-18(17)10-15)11-20(19)24-13-14-4-2-1-3-5-14/h1-12,23H,13H2,(H,21,22). The fourth-order valence-corrected chi connectivity index (χ4v) is 2.66. The lowest BCUT2D eigenvalue weighted by Gasteiger charge is -2.10. The number of rotatable bonds is 4. The van der Waals surface area contributed by atoms with Gasteiger partial charge in [0, 0.05) is 5.39 Å². The van der Waals surface area contributed by atoms with Crippen molar-refractivity contribution >= 4 is 10.9 Å². The highest BCUT2D eigenvalue weighted by Gasteiger charge is 2.07. The van der Waals surface area contributed by atoms with E-state index in [-0.39, 0.29) is 5.75 Å². The maximum atomic E-state index is 10.1. The summed E-state index contributed by atoms with van der Waals surface area (Å²) in [5.41, 5.74) is 4.05. The number of H-pyrrole nitrogens is 1. The first-order valence-corrected chi connectivity index (χ1v) is 7.73. The molecule has 0 atom stereocenters. The van der Waals surface area contributed by atoms with E-state index >= 15 is 0 Å². The van der Waals surface area contributed by atoms with Gasteiger partial charge in [-0.3, -0.25) is 5.10 Å². The molecule has 0 bridgehead atoms.